The van der Waals surface area contributed by atoms with Crippen molar-refractivity contribution in [2.24, 2.45) is 0 Å². The zero-order valence-corrected chi connectivity index (χ0v) is 36.8. The highest BCUT2D eigenvalue weighted by Gasteiger charge is 2.44. The fourth-order valence-corrected chi connectivity index (χ4v) is 9.52. The smallest absolute Gasteiger partial charge is 0.333 e. The number of carbonyl (C=O) groups is 3. The fraction of sp³-hybridized carbons (Fsp3) is 0.415. The number of hydroxylamine groups is 2. The van der Waals surface area contributed by atoms with Crippen LogP contribution in [0.3, 0.4) is 0 Å². The van der Waals surface area contributed by atoms with Crippen molar-refractivity contribution in [1.82, 2.24) is 9.37 Å². The van der Waals surface area contributed by atoms with E-state index in [0.29, 0.717) is 30.3 Å². The molecule has 3 aliphatic heterocycles. The van der Waals surface area contributed by atoms with Crippen molar-refractivity contribution < 1.29 is 61.5 Å². The third-order valence-corrected chi connectivity index (χ3v) is 13.6. The summed E-state index contributed by atoms with van der Waals surface area (Å²) in [5.74, 6) is -1.38. The lowest BCUT2D eigenvalue weighted by molar-refractivity contribution is -0.777. The minimum absolute atomic E-state index is 0.00804. The number of benzene rings is 2. The van der Waals surface area contributed by atoms with Gasteiger partial charge in [-0.1, -0.05) is 49.3 Å². The molecule has 2 aromatic carbocycles. The summed E-state index contributed by atoms with van der Waals surface area (Å²) in [6.45, 7) is 11.8. The first-order valence-electron chi connectivity index (χ1n) is 19.3. The molecule has 0 unspecified atom stereocenters. The Kier molecular flexibility index (Phi) is 16.1. The molecule has 1 N–H and O–H groups in total. The number of carbonyl (C=O) groups excluding carboxylic acids is 3. The monoisotopic (exact) mass is 886 g/mol. The van der Waals surface area contributed by atoms with Crippen LogP contribution in [-0.4, -0.2) is 83.5 Å². The molecule has 0 atom stereocenters. The zero-order valence-electron chi connectivity index (χ0n) is 34.3. The van der Waals surface area contributed by atoms with Crippen molar-refractivity contribution in [3.8, 4) is 0 Å². The Morgan fingerprint density at radius 1 is 0.967 bits per heavy atom. The van der Waals surface area contributed by atoms with E-state index in [1.807, 2.05) is 67.6 Å². The van der Waals surface area contributed by atoms with Gasteiger partial charge in [-0.25, -0.2) is 22.8 Å². The van der Waals surface area contributed by atoms with Gasteiger partial charge in [-0.3, -0.25) is 14.6 Å². The van der Waals surface area contributed by atoms with Gasteiger partial charge >= 0.3 is 5.97 Å². The summed E-state index contributed by atoms with van der Waals surface area (Å²) in [6, 6.07) is 11.0. The van der Waals surface area contributed by atoms with Crippen LogP contribution in [0.4, 0.5) is 11.4 Å². The summed E-state index contributed by atoms with van der Waals surface area (Å²) < 4.78 is 39.8. The Bertz CT molecular complexity index is 2180. The van der Waals surface area contributed by atoms with E-state index < -0.39 is 33.2 Å². The molecular formula is C41H50N4O12S3. The highest BCUT2D eigenvalue weighted by Crippen LogP contribution is 2.48. The van der Waals surface area contributed by atoms with E-state index in [1.54, 1.807) is 12.1 Å². The molecule has 0 radical (unpaired) electrons. The molecule has 5 rings (SSSR count). The van der Waals surface area contributed by atoms with Crippen molar-refractivity contribution in [1.29, 1.82) is 0 Å². The van der Waals surface area contributed by atoms with E-state index in [0.717, 1.165) is 62.9 Å². The Labute approximate surface area is 358 Å². The van der Waals surface area contributed by atoms with Crippen LogP contribution in [0.2, 0.25) is 0 Å². The highest BCUT2D eigenvalue weighted by molar-refractivity contribution is 7.94. The second-order valence-corrected chi connectivity index (χ2v) is 18.7. The van der Waals surface area contributed by atoms with E-state index in [1.165, 1.54) is 11.4 Å². The van der Waals surface area contributed by atoms with Crippen LogP contribution in [0, 0.1) is 0 Å². The van der Waals surface area contributed by atoms with Crippen LogP contribution in [-0.2, 0) is 58.8 Å². The fourth-order valence-electron chi connectivity index (χ4n) is 7.53. The predicted molar refractivity (Wildman–Crippen MR) is 223 cm³/mol. The predicted octanol–water partition coefficient (Wildman–Crippen LogP) is 6.13. The molecule has 0 bridgehead atoms. The number of fused-ring (bicyclic) bond motifs is 2. The van der Waals surface area contributed by atoms with Crippen LogP contribution in [0.25, 0.3) is 0 Å². The van der Waals surface area contributed by atoms with E-state index >= 15 is 0 Å². The number of likely N-dealkylation sites (N-methyl/N-ethyl adjacent to an activating group) is 1. The standard InChI is InChI=1S/C41H50N4O12S3/c1-7-43-33-21-19-30(60(51,52)42(6)24-13-17-39(48)53-45-37(46)22-23-38(45)47)28-32(33)41(4,5)35(43)15-11-9-8-10-12-16-36-40(2,3)31-27-29(59-57-55-50)18-20-34(31)44(36)25-14-26-58-56-54-49/h8-12,15-16,18-21,27-28H,7,13-14,17,22-26H2,1-6H3,(H-,49,50). The van der Waals surface area contributed by atoms with Crippen LogP contribution in [0.15, 0.2) is 94.4 Å². The van der Waals surface area contributed by atoms with Crippen molar-refractivity contribution in [2.45, 2.75) is 87.3 Å². The van der Waals surface area contributed by atoms with Gasteiger partial charge < -0.3 is 15.0 Å². The van der Waals surface area contributed by atoms with E-state index in [9.17, 15) is 28.1 Å². The van der Waals surface area contributed by atoms with Crippen LogP contribution >= 0.6 is 24.1 Å². The molecule has 19 heteroatoms. The molecule has 0 aromatic heterocycles. The minimum Gasteiger partial charge on any atom is -0.691 e. The molecule has 3 aliphatic rings. The Balaban J connectivity index is 1.26. The molecule has 0 aliphatic carbocycles. The van der Waals surface area contributed by atoms with Gasteiger partial charge in [0.15, 0.2) is 5.71 Å². The van der Waals surface area contributed by atoms with Crippen molar-refractivity contribution in [3.05, 3.63) is 95.8 Å². The first-order chi connectivity index (χ1) is 28.6. The first-order valence-corrected chi connectivity index (χ1v) is 22.4. The number of rotatable bonds is 21. The molecule has 324 valence electrons. The molecule has 1 saturated heterocycles. The van der Waals surface area contributed by atoms with Gasteiger partial charge in [0.2, 0.25) is 15.7 Å². The van der Waals surface area contributed by atoms with Gasteiger partial charge in [-0.05, 0) is 69.2 Å². The average molecular weight is 887 g/mol. The van der Waals surface area contributed by atoms with Crippen LogP contribution in [0.1, 0.15) is 77.8 Å². The third-order valence-electron chi connectivity index (χ3n) is 10.6. The number of allylic oxidation sites excluding steroid dienone is 8. The summed E-state index contributed by atoms with van der Waals surface area (Å²) in [6.07, 6.45) is 14.5. The maximum atomic E-state index is 13.7. The van der Waals surface area contributed by atoms with Gasteiger partial charge in [0.25, 0.3) is 11.8 Å². The number of amides is 2. The molecule has 60 heavy (non-hydrogen) atoms. The second-order valence-electron chi connectivity index (χ2n) is 15.1. The zero-order chi connectivity index (χ0) is 43.7. The largest absolute Gasteiger partial charge is 0.691 e. The van der Waals surface area contributed by atoms with Gasteiger partial charge in [-0.2, -0.15) is 8.91 Å². The van der Waals surface area contributed by atoms with Crippen molar-refractivity contribution in [3.63, 3.8) is 0 Å². The summed E-state index contributed by atoms with van der Waals surface area (Å²) in [5, 5.41) is 26.6. The Morgan fingerprint density at radius 2 is 1.68 bits per heavy atom. The molecule has 0 spiro atoms. The van der Waals surface area contributed by atoms with Crippen molar-refractivity contribution >= 4 is 69.0 Å². The quantitative estimate of drug-likeness (QED) is 0.0287. The number of anilines is 1. The molecular weight excluding hydrogens is 837 g/mol. The maximum absolute atomic E-state index is 13.7. The number of nitrogens with zero attached hydrogens (tertiary/aromatic N) is 4. The van der Waals surface area contributed by atoms with Gasteiger partial charge in [0, 0.05) is 103 Å². The summed E-state index contributed by atoms with van der Waals surface area (Å²) in [4.78, 5) is 43.7. The van der Waals surface area contributed by atoms with E-state index in [2.05, 4.69) is 62.0 Å². The van der Waals surface area contributed by atoms with Crippen LogP contribution in [0.5, 0.6) is 0 Å². The molecule has 2 amide bonds. The van der Waals surface area contributed by atoms with Crippen LogP contribution < -0.4 is 10.2 Å². The lowest BCUT2D eigenvalue weighted by atomic mass is 9.81. The van der Waals surface area contributed by atoms with E-state index in [4.69, 9.17) is 10.1 Å². The first kappa shape index (κ1) is 46.9. The molecule has 16 nitrogen and oxygen atoms in total. The maximum Gasteiger partial charge on any atom is 0.333 e. The molecule has 1 fully saturated rings. The van der Waals surface area contributed by atoms with Gasteiger partial charge in [-0.15, -0.1) is 9.40 Å². The molecule has 0 saturated carbocycles. The third kappa shape index (κ3) is 10.5. The van der Waals surface area contributed by atoms with Gasteiger partial charge in [0.05, 0.1) is 22.4 Å². The van der Waals surface area contributed by atoms with E-state index in [-0.39, 0.29) is 42.5 Å². The summed E-state index contributed by atoms with van der Waals surface area (Å²) in [5.41, 5.74) is 5.05. The Morgan fingerprint density at radius 3 is 2.38 bits per heavy atom. The highest BCUT2D eigenvalue weighted by atomic mass is 32.2. The number of hydrogen-bond donors (Lipinski definition) is 1. The average Bonchev–Trinajstić information content (AvgIpc) is 3.73. The summed E-state index contributed by atoms with van der Waals surface area (Å²) >= 11 is 1.85. The number of hydrogen-bond acceptors (Lipinski definition) is 15. The van der Waals surface area contributed by atoms with Gasteiger partial charge in [0.1, 0.15) is 6.54 Å². The SMILES string of the molecule is CCN1/C(=C/C=C/C=C/C=C/C2=[N+](CCCSOO[O-])c3ccc(SOOO)cc3C2(C)C)C(C)(C)c2cc(S(=O)(=O)N(C)CCCC(=O)ON3C(=O)CCC3=O)ccc21. The summed E-state index contributed by atoms with van der Waals surface area (Å²) in [7, 11) is -2.47. The molecule has 3 heterocycles. The normalized spacial score (nSPS) is 18.1. The second kappa shape index (κ2) is 20.6. The number of sulfonamides is 1. The lowest BCUT2D eigenvalue weighted by Gasteiger charge is -2.25. The van der Waals surface area contributed by atoms with Crippen molar-refractivity contribution in [2.75, 3.05) is 37.3 Å². The number of imide groups is 1. The topological polar surface area (TPSA) is 188 Å². The lowest BCUT2D eigenvalue weighted by Crippen LogP contribution is -2.32. The Hall–Kier alpha value is -4.15. The minimum atomic E-state index is -3.92. The molecule has 2 aromatic rings.